The molecule has 2 aliphatic heterocycles. The van der Waals surface area contributed by atoms with Crippen LogP contribution in [0.1, 0.15) is 93.2 Å². The van der Waals surface area contributed by atoms with Crippen LogP contribution in [0.5, 0.6) is 0 Å². The number of carboxylic acids is 2. The standard InChI is InChI=1S/C38H43ClN2O4/c1-36(2,3)26-18-22(12-16-31-37(4,5)27-20-24(34(42)43)10-14-29(27)40(31)8)33(39)23(19-26)13-17-32-38(6,7)28-21-25(35(44)45)11-15-30(28)41(32)9/h10-17,20-21,26H,18-19H2,1-9H3,(H-,42,43,44,45)/p+1. The summed E-state index contributed by atoms with van der Waals surface area (Å²) in [5.41, 5.74) is 8.21. The molecule has 2 aromatic carbocycles. The number of carbonyl (C=O) groups is 2. The van der Waals surface area contributed by atoms with Crippen LogP contribution in [-0.2, 0) is 10.8 Å². The van der Waals surface area contributed by atoms with E-state index in [1.54, 1.807) is 24.3 Å². The van der Waals surface area contributed by atoms with Crippen LogP contribution in [0.25, 0.3) is 0 Å². The van der Waals surface area contributed by atoms with Gasteiger partial charge in [0.25, 0.3) is 0 Å². The van der Waals surface area contributed by atoms with Crippen molar-refractivity contribution in [2.45, 2.75) is 72.1 Å². The first-order chi connectivity index (χ1) is 20.9. The molecule has 6 nitrogen and oxygen atoms in total. The summed E-state index contributed by atoms with van der Waals surface area (Å²) in [5, 5.41) is 19.9. The van der Waals surface area contributed by atoms with E-state index in [1.165, 1.54) is 0 Å². The van der Waals surface area contributed by atoms with Gasteiger partial charge in [0, 0.05) is 46.6 Å². The first-order valence-electron chi connectivity index (χ1n) is 15.4. The average molecular weight is 628 g/mol. The Morgan fingerprint density at radius 1 is 0.911 bits per heavy atom. The maximum Gasteiger partial charge on any atom is 0.335 e. The van der Waals surface area contributed by atoms with E-state index in [2.05, 4.69) is 82.2 Å². The quantitative estimate of drug-likeness (QED) is 0.324. The zero-order valence-electron chi connectivity index (χ0n) is 27.7. The Morgan fingerprint density at radius 3 is 2.11 bits per heavy atom. The van der Waals surface area contributed by atoms with Crippen molar-refractivity contribution in [3.8, 4) is 0 Å². The molecule has 7 heteroatoms. The molecule has 0 amide bonds. The van der Waals surface area contributed by atoms with E-state index < -0.39 is 11.9 Å². The Hall–Kier alpha value is -3.90. The molecular weight excluding hydrogens is 584 g/mol. The highest BCUT2D eigenvalue weighted by atomic mass is 35.5. The van der Waals surface area contributed by atoms with Gasteiger partial charge in [-0.25, -0.2) is 9.59 Å². The summed E-state index contributed by atoms with van der Waals surface area (Å²) < 4.78 is 2.14. The van der Waals surface area contributed by atoms with E-state index >= 15 is 0 Å². The number of likely N-dealkylation sites (N-methyl/N-ethyl adjacent to an activating group) is 1. The van der Waals surface area contributed by atoms with Gasteiger partial charge in [-0.15, -0.1) is 0 Å². The van der Waals surface area contributed by atoms with Crippen molar-refractivity contribution in [2.75, 3.05) is 19.0 Å². The number of anilines is 1. The second-order valence-electron chi connectivity index (χ2n) is 14.7. The fraction of sp³-hybridized carbons (Fsp3) is 0.395. The van der Waals surface area contributed by atoms with E-state index in [1.807, 2.05) is 26.2 Å². The zero-order valence-corrected chi connectivity index (χ0v) is 28.5. The summed E-state index contributed by atoms with van der Waals surface area (Å²) in [5.74, 6) is -1.48. The molecule has 0 spiro atoms. The molecule has 1 atom stereocenters. The van der Waals surface area contributed by atoms with Gasteiger partial charge in [0.05, 0.1) is 16.5 Å². The average Bonchev–Trinajstić information content (AvgIpc) is 3.27. The number of hydrogen-bond donors (Lipinski definition) is 2. The van der Waals surface area contributed by atoms with Crippen molar-refractivity contribution >= 4 is 40.6 Å². The minimum absolute atomic E-state index is 0.0653. The van der Waals surface area contributed by atoms with Gasteiger partial charge in [-0.05, 0) is 91.1 Å². The molecule has 3 aliphatic rings. The fourth-order valence-electron chi connectivity index (χ4n) is 7.18. The van der Waals surface area contributed by atoms with Gasteiger partial charge in [-0.2, -0.15) is 4.58 Å². The molecule has 5 rings (SSSR count). The summed E-state index contributed by atoms with van der Waals surface area (Å²) in [6.07, 6.45) is 10.3. The summed E-state index contributed by atoms with van der Waals surface area (Å²) in [6.45, 7) is 15.3. The lowest BCUT2D eigenvalue weighted by Crippen LogP contribution is -2.27. The van der Waals surface area contributed by atoms with Crippen LogP contribution >= 0.6 is 11.6 Å². The van der Waals surface area contributed by atoms with Crippen LogP contribution in [0.2, 0.25) is 0 Å². The summed E-state index contributed by atoms with van der Waals surface area (Å²) in [6, 6.07) is 10.7. The molecule has 0 fully saturated rings. The molecule has 0 radical (unpaired) electrons. The molecule has 0 bridgehead atoms. The number of allylic oxidation sites excluding steroid dienone is 8. The van der Waals surface area contributed by atoms with E-state index in [-0.39, 0.29) is 27.4 Å². The van der Waals surface area contributed by atoms with Gasteiger partial charge < -0.3 is 15.1 Å². The third-order valence-corrected chi connectivity index (χ3v) is 10.7. The largest absolute Gasteiger partial charge is 0.478 e. The molecule has 0 saturated carbocycles. The highest BCUT2D eigenvalue weighted by Crippen LogP contribution is 2.49. The van der Waals surface area contributed by atoms with Gasteiger partial charge >= 0.3 is 11.9 Å². The molecule has 2 N–H and O–H groups in total. The van der Waals surface area contributed by atoms with Crippen LogP contribution in [0.3, 0.4) is 0 Å². The fourth-order valence-corrected chi connectivity index (χ4v) is 7.46. The zero-order chi connectivity index (χ0) is 33.2. The second kappa shape index (κ2) is 11.2. The van der Waals surface area contributed by atoms with Crippen LogP contribution in [0.4, 0.5) is 11.4 Å². The Morgan fingerprint density at radius 2 is 1.51 bits per heavy atom. The monoisotopic (exact) mass is 627 g/mol. The Balaban J connectivity index is 1.54. The highest BCUT2D eigenvalue weighted by Gasteiger charge is 2.44. The molecule has 45 heavy (non-hydrogen) atoms. The predicted octanol–water partition coefficient (Wildman–Crippen LogP) is 8.83. The first kappa shape index (κ1) is 32.5. The van der Waals surface area contributed by atoms with E-state index in [0.29, 0.717) is 5.92 Å². The minimum atomic E-state index is -0.928. The topological polar surface area (TPSA) is 80.8 Å². The molecular formula is C38H44ClN2O4+. The van der Waals surface area contributed by atoms with Gasteiger partial charge in [0.1, 0.15) is 7.05 Å². The lowest BCUT2D eigenvalue weighted by atomic mass is 9.70. The third kappa shape index (κ3) is 5.58. The lowest BCUT2D eigenvalue weighted by molar-refractivity contribution is -0.401. The number of benzene rings is 2. The van der Waals surface area contributed by atoms with Gasteiger partial charge in [-0.1, -0.05) is 58.4 Å². The van der Waals surface area contributed by atoms with Crippen LogP contribution in [-0.4, -0.2) is 46.5 Å². The molecule has 0 aromatic heterocycles. The van der Waals surface area contributed by atoms with Crippen molar-refractivity contribution in [1.29, 1.82) is 0 Å². The van der Waals surface area contributed by atoms with Crippen molar-refractivity contribution in [3.63, 3.8) is 0 Å². The number of halogens is 1. The van der Waals surface area contributed by atoms with Crippen molar-refractivity contribution in [2.24, 2.45) is 11.3 Å². The van der Waals surface area contributed by atoms with Crippen LogP contribution in [0.15, 0.2) is 82.6 Å². The molecule has 1 aliphatic carbocycles. The third-order valence-electron chi connectivity index (χ3n) is 10.2. The smallest absolute Gasteiger partial charge is 0.335 e. The van der Waals surface area contributed by atoms with Gasteiger partial charge in [0.15, 0.2) is 5.71 Å². The molecule has 0 saturated heterocycles. The summed E-state index contributed by atoms with van der Waals surface area (Å²) in [7, 11) is 4.05. The molecule has 2 aromatic rings. The van der Waals surface area contributed by atoms with Crippen LogP contribution in [0, 0.1) is 11.3 Å². The molecule has 236 valence electrons. The normalized spacial score (nSPS) is 22.5. The summed E-state index contributed by atoms with van der Waals surface area (Å²) >= 11 is 7.20. The van der Waals surface area contributed by atoms with Crippen molar-refractivity contribution in [1.82, 2.24) is 0 Å². The number of fused-ring (bicyclic) bond motifs is 2. The number of aromatic carboxylic acids is 2. The van der Waals surface area contributed by atoms with E-state index in [4.69, 9.17) is 11.6 Å². The van der Waals surface area contributed by atoms with Gasteiger partial charge in [-0.3, -0.25) is 0 Å². The number of rotatable bonds is 5. The van der Waals surface area contributed by atoms with Crippen molar-refractivity contribution in [3.05, 3.63) is 105 Å². The second-order valence-corrected chi connectivity index (χ2v) is 15.1. The number of carboxylic acid groups (broad SMARTS) is 2. The van der Waals surface area contributed by atoms with Gasteiger partial charge in [0.2, 0.25) is 5.69 Å². The summed E-state index contributed by atoms with van der Waals surface area (Å²) in [4.78, 5) is 25.5. The minimum Gasteiger partial charge on any atom is -0.478 e. The maximum atomic E-state index is 11.7. The predicted molar refractivity (Wildman–Crippen MR) is 182 cm³/mol. The Bertz CT molecular complexity index is 1780. The lowest BCUT2D eigenvalue weighted by Gasteiger charge is -2.35. The van der Waals surface area contributed by atoms with Crippen LogP contribution < -0.4 is 4.90 Å². The Labute approximate surface area is 271 Å². The maximum absolute atomic E-state index is 11.7. The first-order valence-corrected chi connectivity index (χ1v) is 15.8. The highest BCUT2D eigenvalue weighted by molar-refractivity contribution is 6.32. The number of hydrogen-bond acceptors (Lipinski definition) is 3. The van der Waals surface area contributed by atoms with Crippen molar-refractivity contribution < 1.29 is 24.4 Å². The SMILES string of the molecule is CN1C(=CC=C2CC(C(C)(C)C)CC(C=CC3=[N+](C)c4ccc(C(=O)O)cc4C3(C)C)=C2Cl)C(C)(C)c2cc(C(=O)O)ccc21. The molecule has 1 unspecified atom stereocenters. The molecule has 2 heterocycles. The number of nitrogens with zero attached hydrogens (tertiary/aromatic N) is 2. The van der Waals surface area contributed by atoms with E-state index in [9.17, 15) is 19.8 Å². The Kier molecular flexibility index (Phi) is 8.06. The van der Waals surface area contributed by atoms with E-state index in [0.717, 1.165) is 62.9 Å².